The van der Waals surface area contributed by atoms with E-state index in [4.69, 9.17) is 9.47 Å². The van der Waals surface area contributed by atoms with Crippen LogP contribution in [-0.4, -0.2) is 35.1 Å². The molecule has 0 aliphatic rings. The summed E-state index contributed by atoms with van der Waals surface area (Å²) in [4.78, 5) is 0. The average molecular weight is 292 g/mol. The third kappa shape index (κ3) is 3.84. The molecule has 1 heterocycles. The maximum absolute atomic E-state index is 5.47. The number of rotatable bonds is 8. The number of alkyl halides is 1. The molecule has 0 atom stereocenters. The van der Waals surface area contributed by atoms with Gasteiger partial charge in [-0.05, 0) is 6.42 Å². The van der Waals surface area contributed by atoms with Gasteiger partial charge >= 0.3 is 0 Å². The van der Waals surface area contributed by atoms with Crippen molar-refractivity contribution in [3.05, 3.63) is 11.6 Å². The van der Waals surface area contributed by atoms with Crippen molar-refractivity contribution in [3.8, 4) is 0 Å². The van der Waals surface area contributed by atoms with Crippen molar-refractivity contribution < 1.29 is 9.47 Å². The Morgan fingerprint density at radius 2 is 2.00 bits per heavy atom. The van der Waals surface area contributed by atoms with E-state index >= 15 is 0 Å². The molecule has 16 heavy (non-hydrogen) atoms. The van der Waals surface area contributed by atoms with E-state index in [2.05, 4.69) is 33.1 Å². The summed E-state index contributed by atoms with van der Waals surface area (Å²) in [6.45, 7) is 4.76. The second kappa shape index (κ2) is 7.76. The highest BCUT2D eigenvalue weighted by Gasteiger charge is 2.10. The average Bonchev–Trinajstić information content (AvgIpc) is 2.69. The Hall–Kier alpha value is -0.460. The molecular formula is C10H18BrN3O2. The van der Waals surface area contributed by atoms with Gasteiger partial charge in [0, 0.05) is 20.3 Å². The maximum atomic E-state index is 5.47. The zero-order chi connectivity index (χ0) is 11.8. The minimum atomic E-state index is 0.511. The normalized spacial score (nSPS) is 10.9. The van der Waals surface area contributed by atoms with Gasteiger partial charge in [-0.2, -0.15) is 0 Å². The van der Waals surface area contributed by atoms with E-state index < -0.39 is 0 Å². The van der Waals surface area contributed by atoms with Crippen LogP contribution in [0.25, 0.3) is 0 Å². The zero-order valence-electron chi connectivity index (χ0n) is 9.78. The molecule has 6 heteroatoms. The van der Waals surface area contributed by atoms with E-state index in [1.54, 1.807) is 7.11 Å². The van der Waals surface area contributed by atoms with Crippen LogP contribution in [0.4, 0.5) is 0 Å². The summed E-state index contributed by atoms with van der Waals surface area (Å²) in [5.41, 5.74) is 0. The van der Waals surface area contributed by atoms with Gasteiger partial charge in [-0.3, -0.25) is 0 Å². The van der Waals surface area contributed by atoms with Gasteiger partial charge in [-0.15, -0.1) is 10.2 Å². The third-order valence-corrected chi connectivity index (χ3v) is 2.62. The molecule has 0 aromatic carbocycles. The first-order valence-corrected chi connectivity index (χ1v) is 6.49. The van der Waals surface area contributed by atoms with Crippen molar-refractivity contribution in [1.29, 1.82) is 0 Å². The highest BCUT2D eigenvalue weighted by atomic mass is 79.9. The Bertz CT molecular complexity index is 304. The number of nitrogens with zero attached hydrogens (tertiary/aromatic N) is 3. The summed E-state index contributed by atoms with van der Waals surface area (Å²) in [5.74, 6) is 1.77. The van der Waals surface area contributed by atoms with Gasteiger partial charge in [-0.1, -0.05) is 22.9 Å². The van der Waals surface area contributed by atoms with E-state index in [-0.39, 0.29) is 0 Å². The molecule has 0 radical (unpaired) electrons. The van der Waals surface area contributed by atoms with Crippen LogP contribution < -0.4 is 0 Å². The minimum Gasteiger partial charge on any atom is -0.383 e. The molecule has 92 valence electrons. The molecule has 0 unspecified atom stereocenters. The van der Waals surface area contributed by atoms with E-state index in [0.29, 0.717) is 18.5 Å². The van der Waals surface area contributed by atoms with Crippen LogP contribution in [0.3, 0.4) is 0 Å². The molecule has 1 aromatic rings. The summed E-state index contributed by atoms with van der Waals surface area (Å²) in [6, 6.07) is 0. The lowest BCUT2D eigenvalue weighted by Gasteiger charge is -2.08. The SMILES string of the molecule is CCCOCc1nnc(CBr)n1CCOC. The second-order valence-electron chi connectivity index (χ2n) is 3.36. The fraction of sp³-hybridized carbons (Fsp3) is 0.800. The van der Waals surface area contributed by atoms with Gasteiger partial charge in [0.15, 0.2) is 5.82 Å². The maximum Gasteiger partial charge on any atom is 0.159 e. The van der Waals surface area contributed by atoms with Crippen molar-refractivity contribution in [2.24, 2.45) is 0 Å². The summed E-state index contributed by atoms with van der Waals surface area (Å²) in [5, 5.41) is 8.90. The van der Waals surface area contributed by atoms with E-state index in [1.165, 1.54) is 0 Å². The lowest BCUT2D eigenvalue weighted by atomic mass is 10.5. The van der Waals surface area contributed by atoms with Crippen molar-refractivity contribution in [3.63, 3.8) is 0 Å². The Morgan fingerprint density at radius 3 is 2.62 bits per heavy atom. The molecule has 0 spiro atoms. The summed E-state index contributed by atoms with van der Waals surface area (Å²) in [6.07, 6.45) is 1.01. The highest BCUT2D eigenvalue weighted by molar-refractivity contribution is 9.08. The minimum absolute atomic E-state index is 0.511. The van der Waals surface area contributed by atoms with Crippen LogP contribution in [0.15, 0.2) is 0 Å². The van der Waals surface area contributed by atoms with Crippen molar-refractivity contribution in [1.82, 2.24) is 14.8 Å². The van der Waals surface area contributed by atoms with E-state index in [9.17, 15) is 0 Å². The Labute approximate surface area is 104 Å². The highest BCUT2D eigenvalue weighted by Crippen LogP contribution is 2.07. The van der Waals surface area contributed by atoms with Crippen molar-refractivity contribution in [2.75, 3.05) is 20.3 Å². The summed E-state index contributed by atoms with van der Waals surface area (Å²) < 4.78 is 12.6. The molecule has 0 saturated carbocycles. The van der Waals surface area contributed by atoms with Crippen LogP contribution in [0.5, 0.6) is 0 Å². The van der Waals surface area contributed by atoms with Gasteiger partial charge in [0.2, 0.25) is 0 Å². The molecular weight excluding hydrogens is 274 g/mol. The Balaban J connectivity index is 2.62. The molecule has 0 amide bonds. The number of hydrogen-bond acceptors (Lipinski definition) is 4. The zero-order valence-corrected chi connectivity index (χ0v) is 11.4. The molecule has 1 aromatic heterocycles. The monoisotopic (exact) mass is 291 g/mol. The first-order valence-electron chi connectivity index (χ1n) is 5.37. The van der Waals surface area contributed by atoms with E-state index in [0.717, 1.165) is 31.2 Å². The second-order valence-corrected chi connectivity index (χ2v) is 3.92. The number of hydrogen-bond donors (Lipinski definition) is 0. The van der Waals surface area contributed by atoms with Crippen LogP contribution in [0, 0.1) is 0 Å². The summed E-state index contributed by atoms with van der Waals surface area (Å²) in [7, 11) is 1.69. The van der Waals surface area contributed by atoms with Gasteiger partial charge in [0.05, 0.1) is 11.9 Å². The van der Waals surface area contributed by atoms with E-state index in [1.807, 2.05) is 4.57 Å². The number of ether oxygens (including phenoxy) is 2. The number of aromatic nitrogens is 3. The Kier molecular flexibility index (Phi) is 6.59. The summed E-state index contributed by atoms with van der Waals surface area (Å²) >= 11 is 3.39. The lowest BCUT2D eigenvalue weighted by Crippen LogP contribution is -2.12. The molecule has 0 fully saturated rings. The van der Waals surface area contributed by atoms with Crippen LogP contribution in [0.2, 0.25) is 0 Å². The van der Waals surface area contributed by atoms with Gasteiger partial charge in [0.1, 0.15) is 12.4 Å². The predicted molar refractivity (Wildman–Crippen MR) is 64.5 cm³/mol. The first-order chi connectivity index (χ1) is 7.83. The van der Waals surface area contributed by atoms with Crippen LogP contribution in [0.1, 0.15) is 25.0 Å². The molecule has 0 aliphatic carbocycles. The van der Waals surface area contributed by atoms with Gasteiger partial charge in [0.25, 0.3) is 0 Å². The predicted octanol–water partition coefficient (Wildman–Crippen LogP) is 1.75. The third-order valence-electron chi connectivity index (χ3n) is 2.12. The van der Waals surface area contributed by atoms with Gasteiger partial charge < -0.3 is 14.0 Å². The lowest BCUT2D eigenvalue weighted by molar-refractivity contribution is 0.111. The molecule has 0 N–H and O–H groups in total. The quantitative estimate of drug-likeness (QED) is 0.541. The number of methoxy groups -OCH3 is 1. The molecule has 0 aliphatic heterocycles. The molecule has 5 nitrogen and oxygen atoms in total. The molecule has 1 rings (SSSR count). The van der Waals surface area contributed by atoms with Crippen molar-refractivity contribution in [2.45, 2.75) is 31.8 Å². The first kappa shape index (κ1) is 13.6. The smallest absolute Gasteiger partial charge is 0.159 e. The standard InChI is InChI=1S/C10H18BrN3O2/c1-3-5-16-8-10-13-12-9(7-11)14(10)4-6-15-2/h3-8H2,1-2H3. The largest absolute Gasteiger partial charge is 0.383 e. The molecule has 0 saturated heterocycles. The Morgan fingerprint density at radius 1 is 1.25 bits per heavy atom. The van der Waals surface area contributed by atoms with Crippen LogP contribution >= 0.6 is 15.9 Å². The fourth-order valence-electron chi connectivity index (χ4n) is 1.33. The van der Waals surface area contributed by atoms with Gasteiger partial charge in [-0.25, -0.2) is 0 Å². The molecule has 0 bridgehead atoms. The van der Waals surface area contributed by atoms with Crippen LogP contribution in [-0.2, 0) is 28.0 Å². The fourth-order valence-corrected chi connectivity index (χ4v) is 1.74. The topological polar surface area (TPSA) is 49.2 Å². The van der Waals surface area contributed by atoms with Crippen molar-refractivity contribution >= 4 is 15.9 Å². The number of halogens is 1.